The number of carbonyl (C=O) groups is 1. The van der Waals surface area contributed by atoms with Gasteiger partial charge in [-0.15, -0.1) is 0 Å². The van der Waals surface area contributed by atoms with E-state index in [0.29, 0.717) is 15.6 Å². The first-order chi connectivity index (χ1) is 13.8. The van der Waals surface area contributed by atoms with Gasteiger partial charge in [-0.3, -0.25) is 9.52 Å². The molecule has 3 rings (SSSR count). The largest absolute Gasteiger partial charge is 0.279 e. The summed E-state index contributed by atoms with van der Waals surface area (Å²) in [7, 11) is -3.90. The highest BCUT2D eigenvalue weighted by Crippen LogP contribution is 2.21. The summed E-state index contributed by atoms with van der Waals surface area (Å²) in [6.45, 7) is 0. The first kappa shape index (κ1) is 20.9. The quantitative estimate of drug-likeness (QED) is 0.428. The number of nitrogens with zero attached hydrogens (tertiary/aromatic N) is 1. The number of hydrogen-bond acceptors (Lipinski definition) is 4. The highest BCUT2D eigenvalue weighted by molar-refractivity contribution is 7.92. The normalized spacial score (nSPS) is 11.4. The average Bonchev–Trinajstić information content (AvgIpc) is 2.68. The Balaban J connectivity index is 1.77. The van der Waals surface area contributed by atoms with E-state index in [1.165, 1.54) is 42.6 Å². The standard InChI is InChI=1S/C20H15Cl2N3O3S/c21-15-8-10-17(11-9-15)29(27,28)25-19-7-2-1-6-18(19)20(26)24-23-13-14-4-3-5-16(22)12-14/h1-13,25H,(H,24,26)/b23-13+. The zero-order valence-corrected chi connectivity index (χ0v) is 17.2. The van der Waals surface area contributed by atoms with E-state index in [4.69, 9.17) is 23.2 Å². The van der Waals surface area contributed by atoms with Crippen LogP contribution in [0.2, 0.25) is 10.0 Å². The van der Waals surface area contributed by atoms with Crippen molar-refractivity contribution in [3.05, 3.63) is 94.0 Å². The second kappa shape index (κ2) is 9.09. The van der Waals surface area contributed by atoms with Gasteiger partial charge in [0.2, 0.25) is 0 Å². The van der Waals surface area contributed by atoms with Crippen molar-refractivity contribution in [1.29, 1.82) is 0 Å². The SMILES string of the molecule is O=C(N/N=C/c1cccc(Cl)c1)c1ccccc1NS(=O)(=O)c1ccc(Cl)cc1. The van der Waals surface area contributed by atoms with E-state index in [9.17, 15) is 13.2 Å². The smallest absolute Gasteiger partial charge is 0.273 e. The van der Waals surface area contributed by atoms with Crippen molar-refractivity contribution in [1.82, 2.24) is 5.43 Å². The molecule has 0 saturated heterocycles. The molecular formula is C20H15Cl2N3O3S. The molecule has 0 unspecified atom stereocenters. The van der Waals surface area contributed by atoms with Crippen LogP contribution < -0.4 is 10.1 Å². The third-order valence-electron chi connectivity index (χ3n) is 3.77. The number of amides is 1. The van der Waals surface area contributed by atoms with Gasteiger partial charge >= 0.3 is 0 Å². The number of hydrogen-bond donors (Lipinski definition) is 2. The first-order valence-electron chi connectivity index (χ1n) is 8.31. The molecule has 0 fully saturated rings. The molecule has 2 N–H and O–H groups in total. The first-order valence-corrected chi connectivity index (χ1v) is 10.6. The predicted molar refractivity (Wildman–Crippen MR) is 115 cm³/mol. The van der Waals surface area contributed by atoms with Crippen LogP contribution in [0.4, 0.5) is 5.69 Å². The molecule has 0 radical (unpaired) electrons. The molecule has 0 aliphatic rings. The number of carbonyl (C=O) groups excluding carboxylic acids is 1. The van der Waals surface area contributed by atoms with E-state index in [1.807, 2.05) is 0 Å². The number of sulfonamides is 1. The van der Waals surface area contributed by atoms with Gasteiger partial charge in [-0.05, 0) is 54.1 Å². The van der Waals surface area contributed by atoms with Crippen LogP contribution in [-0.2, 0) is 10.0 Å². The fourth-order valence-electron chi connectivity index (χ4n) is 2.40. The molecule has 0 spiro atoms. The van der Waals surface area contributed by atoms with E-state index < -0.39 is 15.9 Å². The fraction of sp³-hybridized carbons (Fsp3) is 0. The lowest BCUT2D eigenvalue weighted by Gasteiger charge is -2.11. The number of rotatable bonds is 6. The topological polar surface area (TPSA) is 87.6 Å². The molecule has 148 valence electrons. The van der Waals surface area contributed by atoms with Crippen LogP contribution in [0.25, 0.3) is 0 Å². The Hall–Kier alpha value is -2.87. The van der Waals surface area contributed by atoms with Crippen molar-refractivity contribution in [2.75, 3.05) is 4.72 Å². The van der Waals surface area contributed by atoms with Crippen molar-refractivity contribution in [2.24, 2.45) is 5.10 Å². The van der Waals surface area contributed by atoms with Gasteiger partial charge in [-0.25, -0.2) is 13.8 Å². The predicted octanol–water partition coefficient (Wildman–Crippen LogP) is 4.56. The number of nitrogens with one attached hydrogen (secondary N) is 2. The molecule has 0 aliphatic heterocycles. The molecule has 0 aliphatic carbocycles. The summed E-state index contributed by atoms with van der Waals surface area (Å²) in [4.78, 5) is 12.5. The minimum Gasteiger partial charge on any atom is -0.279 e. The molecule has 0 saturated carbocycles. The number of hydrazone groups is 1. The molecule has 6 nitrogen and oxygen atoms in total. The second-order valence-electron chi connectivity index (χ2n) is 5.86. The Kier molecular flexibility index (Phi) is 6.53. The number of para-hydroxylation sites is 1. The molecule has 3 aromatic carbocycles. The van der Waals surface area contributed by atoms with Crippen LogP contribution in [0.1, 0.15) is 15.9 Å². The number of halogens is 2. The van der Waals surface area contributed by atoms with Gasteiger partial charge < -0.3 is 0 Å². The van der Waals surface area contributed by atoms with Crippen LogP contribution in [0.5, 0.6) is 0 Å². The van der Waals surface area contributed by atoms with Gasteiger partial charge in [0.05, 0.1) is 22.4 Å². The third kappa shape index (κ3) is 5.57. The van der Waals surface area contributed by atoms with Gasteiger partial charge in [-0.1, -0.05) is 47.5 Å². The summed E-state index contributed by atoms with van der Waals surface area (Å²) in [5.41, 5.74) is 3.32. The van der Waals surface area contributed by atoms with Gasteiger partial charge in [0.15, 0.2) is 0 Å². The lowest BCUT2D eigenvalue weighted by atomic mass is 10.2. The summed E-state index contributed by atoms with van der Waals surface area (Å²) in [6, 6.07) is 18.9. The maximum Gasteiger partial charge on any atom is 0.273 e. The minimum atomic E-state index is -3.90. The molecule has 0 aromatic heterocycles. The molecule has 29 heavy (non-hydrogen) atoms. The molecule has 0 atom stereocenters. The lowest BCUT2D eigenvalue weighted by Crippen LogP contribution is -2.21. The Morgan fingerprint density at radius 2 is 1.62 bits per heavy atom. The van der Waals surface area contributed by atoms with E-state index in [-0.39, 0.29) is 16.1 Å². The van der Waals surface area contributed by atoms with Crippen molar-refractivity contribution in [2.45, 2.75) is 4.90 Å². The van der Waals surface area contributed by atoms with Crippen molar-refractivity contribution in [3.63, 3.8) is 0 Å². The molecular weight excluding hydrogens is 433 g/mol. The second-order valence-corrected chi connectivity index (χ2v) is 8.41. The molecule has 3 aromatic rings. The van der Waals surface area contributed by atoms with Gasteiger partial charge in [0.25, 0.3) is 15.9 Å². The van der Waals surface area contributed by atoms with Crippen LogP contribution in [0.15, 0.2) is 82.8 Å². The molecule has 0 heterocycles. The van der Waals surface area contributed by atoms with Crippen molar-refractivity contribution < 1.29 is 13.2 Å². The zero-order chi connectivity index (χ0) is 20.9. The monoisotopic (exact) mass is 447 g/mol. The van der Waals surface area contributed by atoms with E-state index in [1.54, 1.807) is 36.4 Å². The van der Waals surface area contributed by atoms with Crippen molar-refractivity contribution in [3.8, 4) is 0 Å². The van der Waals surface area contributed by atoms with E-state index in [2.05, 4.69) is 15.2 Å². The van der Waals surface area contributed by atoms with Gasteiger partial charge in [0.1, 0.15) is 0 Å². The van der Waals surface area contributed by atoms with E-state index >= 15 is 0 Å². The molecule has 1 amide bonds. The Morgan fingerprint density at radius 1 is 0.897 bits per heavy atom. The van der Waals surface area contributed by atoms with Crippen molar-refractivity contribution >= 4 is 51.0 Å². The summed E-state index contributed by atoms with van der Waals surface area (Å²) in [5.74, 6) is -0.572. The Bertz CT molecular complexity index is 1160. The minimum absolute atomic E-state index is 0.0242. The van der Waals surface area contributed by atoms with Crippen LogP contribution >= 0.6 is 23.2 Å². The number of benzene rings is 3. The van der Waals surface area contributed by atoms with Gasteiger partial charge in [0, 0.05) is 10.0 Å². The molecule has 0 bridgehead atoms. The maximum absolute atomic E-state index is 12.6. The third-order valence-corrected chi connectivity index (χ3v) is 5.64. The van der Waals surface area contributed by atoms with Crippen LogP contribution in [-0.4, -0.2) is 20.5 Å². The van der Waals surface area contributed by atoms with Crippen LogP contribution in [0.3, 0.4) is 0 Å². The van der Waals surface area contributed by atoms with E-state index in [0.717, 1.165) is 0 Å². The highest BCUT2D eigenvalue weighted by atomic mass is 35.5. The lowest BCUT2D eigenvalue weighted by molar-refractivity contribution is 0.0956. The highest BCUT2D eigenvalue weighted by Gasteiger charge is 2.18. The summed E-state index contributed by atoms with van der Waals surface area (Å²) in [6.07, 6.45) is 1.43. The summed E-state index contributed by atoms with van der Waals surface area (Å²) < 4.78 is 27.6. The van der Waals surface area contributed by atoms with Crippen LogP contribution in [0, 0.1) is 0 Å². The summed E-state index contributed by atoms with van der Waals surface area (Å²) >= 11 is 11.7. The number of anilines is 1. The van der Waals surface area contributed by atoms with Gasteiger partial charge in [-0.2, -0.15) is 5.10 Å². The molecule has 9 heteroatoms. The Morgan fingerprint density at radius 3 is 2.34 bits per heavy atom. The Labute approximate surface area is 178 Å². The fourth-order valence-corrected chi connectivity index (χ4v) is 3.80. The summed E-state index contributed by atoms with van der Waals surface area (Å²) in [5, 5.41) is 4.85. The zero-order valence-electron chi connectivity index (χ0n) is 14.8. The average molecular weight is 448 g/mol. The maximum atomic E-state index is 12.6.